The van der Waals surface area contributed by atoms with Gasteiger partial charge in [-0.05, 0) is 44.0 Å². The lowest BCUT2D eigenvalue weighted by Crippen LogP contribution is -2.38. The Morgan fingerprint density at radius 3 is 2.69 bits per heavy atom. The molecule has 0 radical (unpaired) electrons. The molecule has 1 N–H and O–H groups in total. The van der Waals surface area contributed by atoms with Crippen LogP contribution in [0.1, 0.15) is 38.3 Å². The highest BCUT2D eigenvalue weighted by Gasteiger charge is 2.14. The van der Waals surface area contributed by atoms with Crippen LogP contribution >= 0.6 is 0 Å². The third-order valence-corrected chi connectivity index (χ3v) is 2.83. The van der Waals surface area contributed by atoms with E-state index in [1.807, 2.05) is 0 Å². The zero-order valence-corrected chi connectivity index (χ0v) is 9.97. The number of rotatable bonds is 4. The van der Waals surface area contributed by atoms with Crippen molar-refractivity contribution in [1.29, 1.82) is 5.26 Å². The summed E-state index contributed by atoms with van der Waals surface area (Å²) in [4.78, 5) is 0. The van der Waals surface area contributed by atoms with Gasteiger partial charge in [-0.25, -0.2) is 4.39 Å². The second-order valence-electron chi connectivity index (χ2n) is 4.50. The van der Waals surface area contributed by atoms with Gasteiger partial charge in [0.25, 0.3) is 0 Å². The fraction of sp³-hybridized carbons (Fsp3) is 0.462. The maximum Gasteiger partial charge on any atom is 0.123 e. The maximum absolute atomic E-state index is 13.0. The molecule has 0 bridgehead atoms. The third kappa shape index (κ3) is 3.32. The number of nitrogens with one attached hydrogen (secondary N) is 1. The van der Waals surface area contributed by atoms with Gasteiger partial charge in [-0.3, -0.25) is 0 Å². The molecule has 0 heterocycles. The maximum atomic E-state index is 13.0. The average Bonchev–Trinajstić information content (AvgIpc) is 2.27. The van der Waals surface area contributed by atoms with E-state index in [1.165, 1.54) is 18.2 Å². The van der Waals surface area contributed by atoms with E-state index in [-0.39, 0.29) is 11.4 Å². The topological polar surface area (TPSA) is 35.8 Å². The Labute approximate surface area is 96.1 Å². The van der Waals surface area contributed by atoms with Gasteiger partial charge in [0.15, 0.2) is 0 Å². The first-order chi connectivity index (χ1) is 7.48. The lowest BCUT2D eigenvalue weighted by atomic mass is 10.0. The summed E-state index contributed by atoms with van der Waals surface area (Å²) in [6.07, 6.45) is 0.976. The van der Waals surface area contributed by atoms with E-state index < -0.39 is 0 Å². The van der Waals surface area contributed by atoms with Crippen molar-refractivity contribution in [2.75, 3.05) is 0 Å². The van der Waals surface area contributed by atoms with Gasteiger partial charge in [0.05, 0.1) is 11.6 Å². The van der Waals surface area contributed by atoms with Gasteiger partial charge in [0.1, 0.15) is 5.82 Å². The van der Waals surface area contributed by atoms with Crippen molar-refractivity contribution in [3.63, 3.8) is 0 Å². The van der Waals surface area contributed by atoms with Crippen molar-refractivity contribution >= 4 is 0 Å². The summed E-state index contributed by atoms with van der Waals surface area (Å²) in [6, 6.07) is 6.32. The molecule has 0 spiro atoms. The molecule has 0 unspecified atom stereocenters. The molecule has 2 nitrogen and oxygen atoms in total. The van der Waals surface area contributed by atoms with E-state index in [0.29, 0.717) is 17.7 Å². The Hall–Kier alpha value is -1.40. The fourth-order valence-electron chi connectivity index (χ4n) is 1.28. The number of hydrogen-bond donors (Lipinski definition) is 1. The Kier molecular flexibility index (Phi) is 4.03. The standard InChI is InChI=1S/C13H17FN2/c1-4-13(2,3)16-9-11-7-12(14)6-5-10(11)8-15/h5-7,16H,4,9H2,1-3H3. The van der Waals surface area contributed by atoms with Crippen LogP contribution in [0.15, 0.2) is 18.2 Å². The molecule has 0 saturated carbocycles. The molecular weight excluding hydrogens is 203 g/mol. The van der Waals surface area contributed by atoms with Crippen molar-refractivity contribution in [3.8, 4) is 6.07 Å². The Morgan fingerprint density at radius 2 is 2.12 bits per heavy atom. The van der Waals surface area contributed by atoms with E-state index in [4.69, 9.17) is 5.26 Å². The van der Waals surface area contributed by atoms with Crippen molar-refractivity contribution in [3.05, 3.63) is 35.1 Å². The van der Waals surface area contributed by atoms with E-state index in [2.05, 4.69) is 32.2 Å². The number of benzene rings is 1. The lowest BCUT2D eigenvalue weighted by molar-refractivity contribution is 0.374. The van der Waals surface area contributed by atoms with Gasteiger partial charge in [0, 0.05) is 12.1 Å². The zero-order valence-electron chi connectivity index (χ0n) is 9.97. The van der Waals surface area contributed by atoms with E-state index >= 15 is 0 Å². The second-order valence-corrected chi connectivity index (χ2v) is 4.50. The molecule has 0 saturated heterocycles. The molecule has 1 aromatic carbocycles. The van der Waals surface area contributed by atoms with Crippen molar-refractivity contribution in [1.82, 2.24) is 5.32 Å². The van der Waals surface area contributed by atoms with Crippen LogP contribution in [0.3, 0.4) is 0 Å². The van der Waals surface area contributed by atoms with Crippen LogP contribution in [-0.4, -0.2) is 5.54 Å². The number of halogens is 1. The average molecular weight is 220 g/mol. The summed E-state index contributed by atoms with van der Waals surface area (Å²) >= 11 is 0. The monoisotopic (exact) mass is 220 g/mol. The van der Waals surface area contributed by atoms with Crippen LogP contribution in [0.2, 0.25) is 0 Å². The molecule has 16 heavy (non-hydrogen) atoms. The van der Waals surface area contributed by atoms with Gasteiger partial charge < -0.3 is 5.32 Å². The molecule has 86 valence electrons. The van der Waals surface area contributed by atoms with Gasteiger partial charge in [-0.2, -0.15) is 5.26 Å². The van der Waals surface area contributed by atoms with Gasteiger partial charge in [0.2, 0.25) is 0 Å². The number of nitriles is 1. The minimum atomic E-state index is -0.301. The fourth-order valence-corrected chi connectivity index (χ4v) is 1.28. The Balaban J connectivity index is 2.81. The predicted molar refractivity (Wildman–Crippen MR) is 62.3 cm³/mol. The summed E-state index contributed by atoms with van der Waals surface area (Å²) in [6.45, 7) is 6.77. The third-order valence-electron chi connectivity index (χ3n) is 2.83. The van der Waals surface area contributed by atoms with Crippen LogP contribution in [0.4, 0.5) is 4.39 Å². The molecule has 0 atom stereocenters. The van der Waals surface area contributed by atoms with Crippen LogP contribution in [-0.2, 0) is 6.54 Å². The van der Waals surface area contributed by atoms with E-state index in [0.717, 1.165) is 6.42 Å². The summed E-state index contributed by atoms with van der Waals surface area (Å²) < 4.78 is 13.0. The summed E-state index contributed by atoms with van der Waals surface area (Å²) in [5, 5.41) is 12.2. The number of nitrogens with zero attached hydrogens (tertiary/aromatic N) is 1. The van der Waals surface area contributed by atoms with Crippen LogP contribution in [0.5, 0.6) is 0 Å². The SMILES string of the molecule is CCC(C)(C)NCc1cc(F)ccc1C#N. The molecule has 0 amide bonds. The van der Waals surface area contributed by atoms with Crippen LogP contribution in [0.25, 0.3) is 0 Å². The van der Waals surface area contributed by atoms with Crippen molar-refractivity contribution < 1.29 is 4.39 Å². The highest BCUT2D eigenvalue weighted by Crippen LogP contribution is 2.13. The molecule has 1 aromatic rings. The predicted octanol–water partition coefficient (Wildman–Crippen LogP) is 2.98. The minimum absolute atomic E-state index is 0.000949. The van der Waals surface area contributed by atoms with Crippen LogP contribution < -0.4 is 5.32 Å². The molecule has 0 aromatic heterocycles. The summed E-state index contributed by atoms with van der Waals surface area (Å²) in [5.41, 5.74) is 1.24. The highest BCUT2D eigenvalue weighted by molar-refractivity contribution is 5.37. The van der Waals surface area contributed by atoms with Crippen molar-refractivity contribution in [2.24, 2.45) is 0 Å². The minimum Gasteiger partial charge on any atom is -0.308 e. The first kappa shape index (κ1) is 12.7. The molecule has 0 fully saturated rings. The molecule has 3 heteroatoms. The quantitative estimate of drug-likeness (QED) is 0.846. The van der Waals surface area contributed by atoms with Gasteiger partial charge in [-0.15, -0.1) is 0 Å². The Bertz CT molecular complexity index is 405. The molecule has 0 aliphatic carbocycles. The molecule has 0 aliphatic rings. The van der Waals surface area contributed by atoms with Crippen LogP contribution in [0, 0.1) is 17.1 Å². The van der Waals surface area contributed by atoms with E-state index in [9.17, 15) is 4.39 Å². The van der Waals surface area contributed by atoms with E-state index in [1.54, 1.807) is 0 Å². The largest absolute Gasteiger partial charge is 0.308 e. The van der Waals surface area contributed by atoms with Crippen molar-refractivity contribution in [2.45, 2.75) is 39.3 Å². The highest BCUT2D eigenvalue weighted by atomic mass is 19.1. The Morgan fingerprint density at radius 1 is 1.44 bits per heavy atom. The van der Waals surface area contributed by atoms with Gasteiger partial charge in [-0.1, -0.05) is 6.92 Å². The lowest BCUT2D eigenvalue weighted by Gasteiger charge is -2.24. The zero-order chi connectivity index (χ0) is 12.2. The first-order valence-corrected chi connectivity index (χ1v) is 5.42. The summed E-state index contributed by atoms with van der Waals surface area (Å²) in [5.74, 6) is -0.301. The van der Waals surface area contributed by atoms with Gasteiger partial charge >= 0.3 is 0 Å². The second kappa shape index (κ2) is 5.09. The summed E-state index contributed by atoms with van der Waals surface area (Å²) in [7, 11) is 0. The first-order valence-electron chi connectivity index (χ1n) is 5.42. The number of hydrogen-bond acceptors (Lipinski definition) is 2. The normalized spacial score (nSPS) is 11.2. The molecule has 1 rings (SSSR count). The molecular formula is C13H17FN2. The molecule has 0 aliphatic heterocycles. The smallest absolute Gasteiger partial charge is 0.123 e.